The molecular formula is C21H18BrN3O4. The summed E-state index contributed by atoms with van der Waals surface area (Å²) in [4.78, 5) is 28.3. The van der Waals surface area contributed by atoms with Gasteiger partial charge >= 0.3 is 0 Å². The zero-order chi connectivity index (χ0) is 20.6. The normalized spacial score (nSPS) is 10.2. The van der Waals surface area contributed by atoms with Crippen LogP contribution in [0.25, 0.3) is 0 Å². The lowest BCUT2D eigenvalue weighted by molar-refractivity contribution is 0.0927. The maximum atomic E-state index is 12.2. The first-order chi connectivity index (χ1) is 14.0. The fraction of sp³-hybridized carbons (Fsp3) is 0.0952. The van der Waals surface area contributed by atoms with Crippen LogP contribution >= 0.6 is 15.9 Å². The third kappa shape index (κ3) is 6.05. The number of phenols is 1. The summed E-state index contributed by atoms with van der Waals surface area (Å²) in [6, 6.07) is 16.5. The molecular weight excluding hydrogens is 438 g/mol. The van der Waals surface area contributed by atoms with Gasteiger partial charge in [-0.25, -0.2) is 4.98 Å². The van der Waals surface area contributed by atoms with Crippen molar-refractivity contribution < 1.29 is 19.4 Å². The van der Waals surface area contributed by atoms with Gasteiger partial charge in [0.25, 0.3) is 11.8 Å². The molecule has 0 radical (unpaired) electrons. The second-order valence-corrected chi connectivity index (χ2v) is 6.92. The van der Waals surface area contributed by atoms with Crippen molar-refractivity contribution in [3.63, 3.8) is 0 Å². The molecule has 29 heavy (non-hydrogen) atoms. The van der Waals surface area contributed by atoms with Gasteiger partial charge < -0.3 is 20.5 Å². The molecule has 0 spiro atoms. The molecule has 0 saturated carbocycles. The van der Waals surface area contributed by atoms with Gasteiger partial charge in [0.15, 0.2) is 0 Å². The van der Waals surface area contributed by atoms with E-state index >= 15 is 0 Å². The molecule has 0 fully saturated rings. The molecule has 2 aromatic carbocycles. The first kappa shape index (κ1) is 20.3. The highest BCUT2D eigenvalue weighted by Crippen LogP contribution is 2.22. The zero-order valence-corrected chi connectivity index (χ0v) is 16.8. The van der Waals surface area contributed by atoms with E-state index in [0.29, 0.717) is 22.8 Å². The number of carbonyl (C=O) groups is 2. The fourth-order valence-electron chi connectivity index (χ4n) is 2.40. The Bertz CT molecular complexity index is 992. The molecule has 0 unspecified atom stereocenters. The summed E-state index contributed by atoms with van der Waals surface area (Å²) in [5, 5.41) is 14.6. The Morgan fingerprint density at radius 2 is 1.59 bits per heavy atom. The van der Waals surface area contributed by atoms with Gasteiger partial charge in [-0.3, -0.25) is 9.59 Å². The Labute approximate surface area is 175 Å². The molecule has 0 aliphatic carbocycles. The molecule has 1 aromatic heterocycles. The number of nitrogens with zero attached hydrogens (tertiary/aromatic N) is 1. The molecule has 8 heteroatoms. The average Bonchev–Trinajstić information content (AvgIpc) is 2.72. The molecule has 0 atom stereocenters. The molecule has 0 aliphatic heterocycles. The number of aromatic nitrogens is 1. The Kier molecular flexibility index (Phi) is 6.80. The number of carbonyl (C=O) groups excluding carboxylic acids is 2. The van der Waals surface area contributed by atoms with Gasteiger partial charge in [-0.15, -0.1) is 0 Å². The maximum Gasteiger partial charge on any atom is 0.252 e. The lowest BCUT2D eigenvalue weighted by Crippen LogP contribution is -2.34. The number of rotatable bonds is 7. The lowest BCUT2D eigenvalue weighted by atomic mass is 10.2. The van der Waals surface area contributed by atoms with Gasteiger partial charge in [0, 0.05) is 35.4 Å². The number of amides is 2. The summed E-state index contributed by atoms with van der Waals surface area (Å²) in [6.45, 7) is 0.530. The number of hydrogen-bond donors (Lipinski definition) is 3. The Hall–Kier alpha value is -3.39. The largest absolute Gasteiger partial charge is 0.508 e. The highest BCUT2D eigenvalue weighted by atomic mass is 79.9. The van der Waals surface area contributed by atoms with E-state index in [1.807, 2.05) is 18.2 Å². The van der Waals surface area contributed by atoms with Crippen molar-refractivity contribution in [3.8, 4) is 17.4 Å². The molecule has 3 N–H and O–H groups in total. The first-order valence-electron chi connectivity index (χ1n) is 8.76. The van der Waals surface area contributed by atoms with E-state index in [0.717, 1.165) is 4.47 Å². The zero-order valence-electron chi connectivity index (χ0n) is 15.3. The second kappa shape index (κ2) is 9.70. The minimum absolute atomic E-state index is 0.0930. The molecule has 3 aromatic rings. The van der Waals surface area contributed by atoms with Gasteiger partial charge in [0.05, 0.1) is 5.56 Å². The number of phenolic OH excluding ortho intramolecular Hbond substituents is 1. The van der Waals surface area contributed by atoms with Crippen LogP contribution in [0.3, 0.4) is 0 Å². The van der Waals surface area contributed by atoms with Crippen molar-refractivity contribution in [2.45, 2.75) is 0 Å². The van der Waals surface area contributed by atoms with Gasteiger partial charge in [-0.05, 0) is 48.5 Å². The predicted octanol–water partition coefficient (Wildman–Crippen LogP) is 3.50. The molecule has 0 bridgehead atoms. The van der Waals surface area contributed by atoms with Crippen LogP contribution < -0.4 is 15.4 Å². The summed E-state index contributed by atoms with van der Waals surface area (Å²) in [7, 11) is 0. The van der Waals surface area contributed by atoms with Gasteiger partial charge in [0.1, 0.15) is 11.5 Å². The van der Waals surface area contributed by atoms with Gasteiger partial charge in [-0.1, -0.05) is 22.0 Å². The monoisotopic (exact) mass is 455 g/mol. The fourth-order valence-corrected chi connectivity index (χ4v) is 2.77. The predicted molar refractivity (Wildman–Crippen MR) is 111 cm³/mol. The third-order valence-corrected chi connectivity index (χ3v) is 4.34. The van der Waals surface area contributed by atoms with Crippen molar-refractivity contribution in [2.24, 2.45) is 0 Å². The highest BCUT2D eigenvalue weighted by molar-refractivity contribution is 9.10. The van der Waals surface area contributed by atoms with Crippen LogP contribution in [-0.4, -0.2) is 35.0 Å². The van der Waals surface area contributed by atoms with E-state index in [9.17, 15) is 14.7 Å². The Balaban J connectivity index is 1.44. The summed E-state index contributed by atoms with van der Waals surface area (Å²) in [6.07, 6.45) is 1.43. The molecule has 7 nitrogen and oxygen atoms in total. The van der Waals surface area contributed by atoms with Gasteiger partial charge in [0.2, 0.25) is 5.88 Å². The minimum Gasteiger partial charge on any atom is -0.508 e. The SMILES string of the molecule is O=C(NCCNC(=O)c1ccc(Oc2cccc(Br)c2)nc1)c1ccc(O)cc1. The van der Waals surface area contributed by atoms with Crippen LogP contribution in [-0.2, 0) is 0 Å². The number of benzene rings is 2. The van der Waals surface area contributed by atoms with E-state index in [1.54, 1.807) is 18.2 Å². The summed E-state index contributed by atoms with van der Waals surface area (Å²) in [5.41, 5.74) is 0.816. The van der Waals surface area contributed by atoms with Crippen LogP contribution in [0.4, 0.5) is 0 Å². The first-order valence-corrected chi connectivity index (χ1v) is 9.55. The van der Waals surface area contributed by atoms with Crippen LogP contribution in [0.5, 0.6) is 17.4 Å². The standard InChI is InChI=1S/C21H18BrN3O4/c22-16-2-1-3-18(12-16)29-19-9-6-15(13-25-19)21(28)24-11-10-23-20(27)14-4-7-17(26)8-5-14/h1-9,12-13,26H,10-11H2,(H,23,27)(H,24,28). The van der Waals surface area contributed by atoms with Crippen molar-refractivity contribution in [1.29, 1.82) is 0 Å². The molecule has 0 aliphatic rings. The lowest BCUT2D eigenvalue weighted by Gasteiger charge is -2.08. The quantitative estimate of drug-likeness (QED) is 0.473. The number of pyridine rings is 1. The molecule has 2 amide bonds. The van der Waals surface area contributed by atoms with E-state index < -0.39 is 0 Å². The molecule has 0 saturated heterocycles. The van der Waals surface area contributed by atoms with Gasteiger partial charge in [-0.2, -0.15) is 0 Å². The minimum atomic E-state index is -0.301. The van der Waals surface area contributed by atoms with E-state index in [1.165, 1.54) is 30.5 Å². The maximum absolute atomic E-state index is 12.2. The van der Waals surface area contributed by atoms with Crippen LogP contribution in [0.2, 0.25) is 0 Å². The summed E-state index contributed by atoms with van der Waals surface area (Å²) >= 11 is 3.37. The van der Waals surface area contributed by atoms with Crippen molar-refractivity contribution in [1.82, 2.24) is 15.6 Å². The number of ether oxygens (including phenoxy) is 1. The molecule has 1 heterocycles. The van der Waals surface area contributed by atoms with Crippen molar-refractivity contribution >= 4 is 27.7 Å². The Morgan fingerprint density at radius 3 is 2.21 bits per heavy atom. The number of hydrogen-bond acceptors (Lipinski definition) is 5. The second-order valence-electron chi connectivity index (χ2n) is 6.00. The van der Waals surface area contributed by atoms with Crippen LogP contribution in [0.1, 0.15) is 20.7 Å². The molecule has 148 valence electrons. The average molecular weight is 456 g/mol. The smallest absolute Gasteiger partial charge is 0.252 e. The van der Waals surface area contributed by atoms with E-state index in [-0.39, 0.29) is 30.7 Å². The third-order valence-electron chi connectivity index (χ3n) is 3.84. The summed E-state index contributed by atoms with van der Waals surface area (Å²) in [5.74, 6) is 0.519. The number of aromatic hydroxyl groups is 1. The van der Waals surface area contributed by atoms with Crippen molar-refractivity contribution in [3.05, 3.63) is 82.5 Å². The highest BCUT2D eigenvalue weighted by Gasteiger charge is 2.08. The summed E-state index contributed by atoms with van der Waals surface area (Å²) < 4.78 is 6.52. The molecule has 3 rings (SSSR count). The Morgan fingerprint density at radius 1 is 0.931 bits per heavy atom. The topological polar surface area (TPSA) is 101 Å². The number of halogens is 1. The van der Waals surface area contributed by atoms with Crippen LogP contribution in [0.15, 0.2) is 71.3 Å². The van der Waals surface area contributed by atoms with E-state index in [4.69, 9.17) is 4.74 Å². The van der Waals surface area contributed by atoms with Crippen LogP contribution in [0, 0.1) is 0 Å². The number of nitrogens with one attached hydrogen (secondary N) is 2. The van der Waals surface area contributed by atoms with E-state index in [2.05, 4.69) is 31.5 Å². The van der Waals surface area contributed by atoms with Crippen molar-refractivity contribution in [2.75, 3.05) is 13.1 Å².